The third-order valence-electron chi connectivity index (χ3n) is 1.43. The van der Waals surface area contributed by atoms with Gasteiger partial charge in [0.25, 0.3) is 0 Å². The van der Waals surface area contributed by atoms with Gasteiger partial charge >= 0.3 is 0 Å². The first-order chi connectivity index (χ1) is 5.26. The van der Waals surface area contributed by atoms with Gasteiger partial charge in [-0.25, -0.2) is 0 Å². The summed E-state index contributed by atoms with van der Waals surface area (Å²) in [6, 6.07) is 0. The number of aliphatic hydroxyl groups is 3. The summed E-state index contributed by atoms with van der Waals surface area (Å²) in [5, 5.41) is 25.7. The summed E-state index contributed by atoms with van der Waals surface area (Å²) < 4.78 is 0. The van der Waals surface area contributed by atoms with E-state index in [1.165, 1.54) is 0 Å². The third kappa shape index (κ3) is 6.08. The van der Waals surface area contributed by atoms with E-state index in [0.29, 0.717) is 13.1 Å². The van der Waals surface area contributed by atoms with E-state index in [2.05, 4.69) is 0 Å². The molecule has 0 heterocycles. The van der Waals surface area contributed by atoms with Crippen molar-refractivity contribution < 1.29 is 37.0 Å². The van der Waals surface area contributed by atoms with Crippen molar-refractivity contribution >= 4 is 0 Å². The normalized spacial score (nSPS) is 12.8. The van der Waals surface area contributed by atoms with Crippen molar-refractivity contribution in [2.45, 2.75) is 6.17 Å². The zero-order valence-corrected chi connectivity index (χ0v) is 8.54. The van der Waals surface area contributed by atoms with Gasteiger partial charge < -0.3 is 21.1 Å². The fourth-order valence-corrected chi connectivity index (χ4v) is 0.816. The maximum atomic E-state index is 8.63. The SMILES string of the molecule is NC(CO)N(CCO)CCO.[Ti]. The standard InChI is InChI=1S/C6H16N2O3.Ti/c7-6(5-11)8(1-3-9)2-4-10;/h6,9-11H,1-5,7H2;. The van der Waals surface area contributed by atoms with E-state index >= 15 is 0 Å². The Kier molecular flexibility index (Phi) is 12.0. The number of nitrogens with zero attached hydrogens (tertiary/aromatic N) is 1. The molecule has 0 rings (SSSR count). The van der Waals surface area contributed by atoms with Crippen molar-refractivity contribution in [2.75, 3.05) is 32.9 Å². The molecule has 0 saturated heterocycles. The van der Waals surface area contributed by atoms with E-state index in [9.17, 15) is 0 Å². The van der Waals surface area contributed by atoms with Gasteiger partial charge in [-0.3, -0.25) is 4.90 Å². The summed E-state index contributed by atoms with van der Waals surface area (Å²) >= 11 is 0. The molecule has 12 heavy (non-hydrogen) atoms. The van der Waals surface area contributed by atoms with E-state index in [0.717, 1.165) is 0 Å². The zero-order chi connectivity index (χ0) is 8.69. The first-order valence-corrected chi connectivity index (χ1v) is 3.58. The van der Waals surface area contributed by atoms with Crippen LogP contribution in [0, 0.1) is 0 Å². The molecule has 0 aliphatic heterocycles. The van der Waals surface area contributed by atoms with Crippen LogP contribution in [-0.4, -0.2) is 59.3 Å². The molecule has 0 fully saturated rings. The second kappa shape index (κ2) is 9.60. The first kappa shape index (κ1) is 15.0. The van der Waals surface area contributed by atoms with Crippen molar-refractivity contribution in [3.05, 3.63) is 0 Å². The largest absolute Gasteiger partial charge is 0.395 e. The molecule has 0 spiro atoms. The monoisotopic (exact) mass is 212 g/mol. The Morgan fingerprint density at radius 1 is 1.08 bits per heavy atom. The van der Waals surface area contributed by atoms with Crippen LogP contribution >= 0.6 is 0 Å². The van der Waals surface area contributed by atoms with Crippen LogP contribution in [0.25, 0.3) is 0 Å². The van der Waals surface area contributed by atoms with Crippen LogP contribution in [0.3, 0.4) is 0 Å². The molecule has 0 radical (unpaired) electrons. The van der Waals surface area contributed by atoms with Crippen LogP contribution in [0.15, 0.2) is 0 Å². The Balaban J connectivity index is 0. The van der Waals surface area contributed by atoms with Crippen molar-refractivity contribution in [1.82, 2.24) is 4.90 Å². The fourth-order valence-electron chi connectivity index (χ4n) is 0.816. The van der Waals surface area contributed by atoms with Gasteiger partial charge in [-0.1, -0.05) is 0 Å². The first-order valence-electron chi connectivity index (χ1n) is 3.58. The molecule has 0 aromatic rings. The third-order valence-corrected chi connectivity index (χ3v) is 1.43. The van der Waals surface area contributed by atoms with Crippen molar-refractivity contribution in [1.29, 1.82) is 0 Å². The predicted octanol–water partition coefficient (Wildman–Crippen LogP) is -2.45. The van der Waals surface area contributed by atoms with E-state index in [1.807, 2.05) is 0 Å². The summed E-state index contributed by atoms with van der Waals surface area (Å²) in [7, 11) is 0. The number of hydrogen-bond donors (Lipinski definition) is 4. The summed E-state index contributed by atoms with van der Waals surface area (Å²) in [5.41, 5.74) is 5.44. The van der Waals surface area contributed by atoms with Crippen LogP contribution in [0.4, 0.5) is 0 Å². The van der Waals surface area contributed by atoms with Gasteiger partial charge in [0.05, 0.1) is 26.0 Å². The molecule has 72 valence electrons. The van der Waals surface area contributed by atoms with Crippen LogP contribution in [0.1, 0.15) is 0 Å². The molecule has 0 bridgehead atoms. The number of aliphatic hydroxyl groups excluding tert-OH is 3. The Hall–Kier alpha value is 0.514. The molecular weight excluding hydrogens is 196 g/mol. The van der Waals surface area contributed by atoms with Gasteiger partial charge in [-0.2, -0.15) is 0 Å². The zero-order valence-electron chi connectivity index (χ0n) is 6.98. The van der Waals surface area contributed by atoms with Crippen molar-refractivity contribution in [3.8, 4) is 0 Å². The Bertz CT molecular complexity index is 90.9. The van der Waals surface area contributed by atoms with Gasteiger partial charge in [0.2, 0.25) is 0 Å². The van der Waals surface area contributed by atoms with Gasteiger partial charge in [-0.05, 0) is 0 Å². The average Bonchev–Trinajstić information content (AvgIpc) is 2.03. The van der Waals surface area contributed by atoms with Gasteiger partial charge in [-0.15, -0.1) is 0 Å². The molecule has 0 amide bonds. The van der Waals surface area contributed by atoms with E-state index in [4.69, 9.17) is 21.1 Å². The van der Waals surface area contributed by atoms with Gasteiger partial charge in [0.1, 0.15) is 0 Å². The molecular formula is C6H16N2O3Ti. The number of hydrogen-bond acceptors (Lipinski definition) is 5. The fraction of sp³-hybridized carbons (Fsp3) is 1.00. The van der Waals surface area contributed by atoms with Crippen LogP contribution < -0.4 is 5.73 Å². The molecule has 0 aromatic heterocycles. The molecule has 6 heteroatoms. The molecule has 0 aromatic carbocycles. The molecule has 1 unspecified atom stereocenters. The summed E-state index contributed by atoms with van der Waals surface area (Å²) in [5.74, 6) is 0. The molecule has 5 N–H and O–H groups in total. The minimum absolute atomic E-state index is 0. The van der Waals surface area contributed by atoms with Crippen LogP contribution in [0.5, 0.6) is 0 Å². The summed E-state index contributed by atoms with van der Waals surface area (Å²) in [6.45, 7) is 0.548. The molecule has 0 aliphatic rings. The molecule has 0 aliphatic carbocycles. The van der Waals surface area contributed by atoms with Crippen molar-refractivity contribution in [2.24, 2.45) is 5.73 Å². The van der Waals surface area contributed by atoms with Crippen LogP contribution in [-0.2, 0) is 21.7 Å². The Morgan fingerprint density at radius 3 is 1.75 bits per heavy atom. The molecule has 1 atom stereocenters. The minimum atomic E-state index is -0.491. The maximum absolute atomic E-state index is 8.63. The second-order valence-corrected chi connectivity index (χ2v) is 2.23. The minimum Gasteiger partial charge on any atom is -0.395 e. The van der Waals surface area contributed by atoms with Gasteiger partial charge in [0.15, 0.2) is 0 Å². The smallest absolute Gasteiger partial charge is 0.0811 e. The second-order valence-electron chi connectivity index (χ2n) is 2.23. The van der Waals surface area contributed by atoms with Gasteiger partial charge in [0, 0.05) is 34.8 Å². The van der Waals surface area contributed by atoms with Crippen LogP contribution in [0.2, 0.25) is 0 Å². The van der Waals surface area contributed by atoms with E-state index < -0.39 is 6.17 Å². The summed E-state index contributed by atoms with van der Waals surface area (Å²) in [4.78, 5) is 1.61. The van der Waals surface area contributed by atoms with Crippen molar-refractivity contribution in [3.63, 3.8) is 0 Å². The molecule has 5 nitrogen and oxygen atoms in total. The van der Waals surface area contributed by atoms with E-state index in [1.54, 1.807) is 4.90 Å². The van der Waals surface area contributed by atoms with E-state index in [-0.39, 0.29) is 41.5 Å². The molecule has 0 saturated carbocycles. The average molecular weight is 212 g/mol. The quantitative estimate of drug-likeness (QED) is 0.290. The Morgan fingerprint density at radius 2 is 1.50 bits per heavy atom. The number of nitrogens with two attached hydrogens (primary N) is 1. The topological polar surface area (TPSA) is 90.0 Å². The number of rotatable bonds is 6. The Labute approximate surface area is 87.1 Å². The predicted molar refractivity (Wildman–Crippen MR) is 40.8 cm³/mol. The summed E-state index contributed by atoms with van der Waals surface area (Å²) in [6.07, 6.45) is -0.491. The maximum Gasteiger partial charge on any atom is 0.0811 e.